The van der Waals surface area contributed by atoms with Crippen molar-refractivity contribution in [3.05, 3.63) is 29.8 Å². The largest absolute Gasteiger partial charge is 0.454 e. The number of aryl methyl sites for hydroxylation is 1. The maximum Gasteiger partial charge on any atom is 0.329 e. The number of esters is 1. The molecule has 7 nitrogen and oxygen atoms in total. The molecule has 1 saturated heterocycles. The average molecular weight is 384 g/mol. The molecule has 1 N–H and O–H groups in total. The summed E-state index contributed by atoms with van der Waals surface area (Å²) in [5.74, 6) is -1.74. The fraction of sp³-hybridized carbons (Fsp3) is 0.524. The molecule has 0 aromatic heterocycles. The lowest BCUT2D eigenvalue weighted by Gasteiger charge is -2.23. The molecule has 0 spiro atoms. The number of nitrogens with zero attached hydrogens (tertiary/aromatic N) is 1. The van der Waals surface area contributed by atoms with Crippen LogP contribution in [0.5, 0.6) is 0 Å². The molecule has 2 saturated carbocycles. The lowest BCUT2D eigenvalue weighted by Crippen LogP contribution is -2.45. The summed E-state index contributed by atoms with van der Waals surface area (Å²) >= 11 is 0. The lowest BCUT2D eigenvalue weighted by molar-refractivity contribution is -0.159. The first-order valence-corrected chi connectivity index (χ1v) is 9.77. The normalized spacial score (nSPS) is 29.0. The van der Waals surface area contributed by atoms with Gasteiger partial charge >= 0.3 is 5.97 Å². The summed E-state index contributed by atoms with van der Waals surface area (Å²) in [6, 6.07) is 6.25. The van der Waals surface area contributed by atoms with Crippen molar-refractivity contribution in [2.24, 2.45) is 23.7 Å². The zero-order valence-corrected chi connectivity index (χ0v) is 16.0. The van der Waals surface area contributed by atoms with E-state index in [9.17, 15) is 19.2 Å². The molecular formula is C21H24N2O5. The summed E-state index contributed by atoms with van der Waals surface area (Å²) in [5, 5.41) is 2.68. The molecule has 148 valence electrons. The Hall–Kier alpha value is -2.70. The number of hydrogen-bond donors (Lipinski definition) is 1. The first kappa shape index (κ1) is 18.7. The van der Waals surface area contributed by atoms with Gasteiger partial charge in [-0.15, -0.1) is 0 Å². The van der Waals surface area contributed by atoms with Gasteiger partial charge in [0.05, 0.1) is 11.8 Å². The van der Waals surface area contributed by atoms with Gasteiger partial charge in [0.1, 0.15) is 6.04 Å². The summed E-state index contributed by atoms with van der Waals surface area (Å²) in [7, 11) is 0. The van der Waals surface area contributed by atoms with E-state index in [1.165, 1.54) is 6.92 Å². The van der Waals surface area contributed by atoms with Crippen LogP contribution in [0.15, 0.2) is 24.3 Å². The number of carbonyl (C=O) groups is 4. The van der Waals surface area contributed by atoms with Crippen molar-refractivity contribution in [3.8, 4) is 0 Å². The average Bonchev–Trinajstić information content (AvgIpc) is 3.35. The van der Waals surface area contributed by atoms with Crippen molar-refractivity contribution < 1.29 is 23.9 Å². The molecule has 2 bridgehead atoms. The molecule has 1 aromatic carbocycles. The van der Waals surface area contributed by atoms with Gasteiger partial charge < -0.3 is 10.1 Å². The number of ether oxygens (including phenoxy) is 1. The Morgan fingerprint density at radius 1 is 1.14 bits per heavy atom. The van der Waals surface area contributed by atoms with E-state index in [0.29, 0.717) is 5.69 Å². The molecule has 28 heavy (non-hydrogen) atoms. The molecular weight excluding hydrogens is 360 g/mol. The quantitative estimate of drug-likeness (QED) is 0.618. The molecule has 1 aromatic rings. The van der Waals surface area contributed by atoms with Crippen molar-refractivity contribution in [1.82, 2.24) is 4.90 Å². The van der Waals surface area contributed by atoms with E-state index in [1.807, 2.05) is 19.1 Å². The third kappa shape index (κ3) is 2.99. The number of carbonyl (C=O) groups excluding carboxylic acids is 4. The van der Waals surface area contributed by atoms with E-state index in [0.717, 1.165) is 29.7 Å². The van der Waals surface area contributed by atoms with Gasteiger partial charge in [-0.2, -0.15) is 0 Å². The smallest absolute Gasteiger partial charge is 0.329 e. The summed E-state index contributed by atoms with van der Waals surface area (Å²) in [4.78, 5) is 51.1. The molecule has 1 heterocycles. The van der Waals surface area contributed by atoms with Crippen LogP contribution < -0.4 is 5.32 Å². The third-order valence-electron chi connectivity index (χ3n) is 6.45. The fourth-order valence-electron chi connectivity index (χ4n) is 5.08. The Kier molecular flexibility index (Phi) is 4.69. The van der Waals surface area contributed by atoms with Gasteiger partial charge in [0.25, 0.3) is 5.91 Å². The predicted molar refractivity (Wildman–Crippen MR) is 99.9 cm³/mol. The standard InChI is InChI=1S/C21H24N2O5/c1-11-5-3-4-6-15(11)22-16(24)10-28-21(27)12(2)23-19(25)17-13-7-8-14(9-13)18(17)20(23)26/h3-6,12-14,17-18H,7-10H2,1-2H3,(H,22,24)/t12-,13+,14+,17-,18+/m1/s1. The van der Waals surface area contributed by atoms with Crippen LogP contribution in [0.4, 0.5) is 5.69 Å². The number of benzene rings is 1. The zero-order valence-electron chi connectivity index (χ0n) is 16.0. The highest BCUT2D eigenvalue weighted by molar-refractivity contribution is 6.08. The van der Waals surface area contributed by atoms with Crippen LogP contribution in [0.2, 0.25) is 0 Å². The van der Waals surface area contributed by atoms with Crippen molar-refractivity contribution in [2.75, 3.05) is 11.9 Å². The van der Waals surface area contributed by atoms with E-state index in [1.54, 1.807) is 12.1 Å². The number of imide groups is 1. The highest BCUT2D eigenvalue weighted by Crippen LogP contribution is 2.56. The van der Waals surface area contributed by atoms with Crippen LogP contribution in [0.3, 0.4) is 0 Å². The van der Waals surface area contributed by atoms with Crippen LogP contribution >= 0.6 is 0 Å². The molecule has 4 rings (SSSR count). The predicted octanol–water partition coefficient (Wildman–Crippen LogP) is 1.90. The Balaban J connectivity index is 1.35. The number of rotatable bonds is 5. The monoisotopic (exact) mass is 384 g/mol. The van der Waals surface area contributed by atoms with Gasteiger partial charge in [-0.1, -0.05) is 18.2 Å². The first-order chi connectivity index (χ1) is 13.4. The fourth-order valence-corrected chi connectivity index (χ4v) is 5.08. The minimum atomic E-state index is -1.02. The van der Waals surface area contributed by atoms with Gasteiger partial charge in [-0.3, -0.25) is 19.3 Å². The van der Waals surface area contributed by atoms with Gasteiger partial charge in [-0.25, -0.2) is 4.79 Å². The zero-order chi connectivity index (χ0) is 20.0. The van der Waals surface area contributed by atoms with Crippen LogP contribution in [0, 0.1) is 30.6 Å². The molecule has 7 heteroatoms. The van der Waals surface area contributed by atoms with Crippen molar-refractivity contribution >= 4 is 29.4 Å². The maximum absolute atomic E-state index is 12.8. The Morgan fingerprint density at radius 3 is 2.36 bits per heavy atom. The van der Waals surface area contributed by atoms with Crippen LogP contribution in [0.25, 0.3) is 0 Å². The second-order valence-electron chi connectivity index (χ2n) is 8.08. The maximum atomic E-state index is 12.8. The van der Waals surface area contributed by atoms with Gasteiger partial charge in [0.15, 0.2) is 6.61 Å². The number of likely N-dealkylation sites (tertiary alicyclic amines) is 1. The third-order valence-corrected chi connectivity index (χ3v) is 6.45. The molecule has 3 fully saturated rings. The first-order valence-electron chi connectivity index (χ1n) is 9.77. The SMILES string of the molecule is Cc1ccccc1NC(=O)COC(=O)[C@@H](C)N1C(=O)[C@@H]2[C@H]3CC[C@@H](C3)[C@@H]2C1=O. The second-order valence-corrected chi connectivity index (χ2v) is 8.08. The number of anilines is 1. The molecule has 3 amide bonds. The number of hydrogen-bond acceptors (Lipinski definition) is 5. The number of nitrogens with one attached hydrogen (secondary N) is 1. The Morgan fingerprint density at radius 2 is 1.75 bits per heavy atom. The van der Waals surface area contributed by atoms with Crippen LogP contribution in [-0.2, 0) is 23.9 Å². The molecule has 2 aliphatic carbocycles. The van der Waals surface area contributed by atoms with E-state index < -0.39 is 24.5 Å². The molecule has 1 aliphatic heterocycles. The van der Waals surface area contributed by atoms with Gasteiger partial charge in [-0.05, 0) is 56.6 Å². The van der Waals surface area contributed by atoms with E-state index in [4.69, 9.17) is 4.74 Å². The van der Waals surface area contributed by atoms with E-state index in [2.05, 4.69) is 5.32 Å². The molecule has 0 unspecified atom stereocenters. The van der Waals surface area contributed by atoms with Crippen LogP contribution in [-0.4, -0.2) is 41.2 Å². The molecule has 3 aliphatic rings. The topological polar surface area (TPSA) is 92.8 Å². The number of fused-ring (bicyclic) bond motifs is 5. The molecule has 0 radical (unpaired) electrons. The van der Waals surface area contributed by atoms with Crippen LogP contribution in [0.1, 0.15) is 31.7 Å². The van der Waals surface area contributed by atoms with Crippen molar-refractivity contribution in [2.45, 2.75) is 39.2 Å². The summed E-state index contributed by atoms with van der Waals surface area (Å²) in [6.45, 7) is 2.88. The minimum Gasteiger partial charge on any atom is -0.454 e. The Labute approximate surface area is 163 Å². The summed E-state index contributed by atoms with van der Waals surface area (Å²) in [6.07, 6.45) is 2.91. The highest BCUT2D eigenvalue weighted by Gasteiger charge is 2.62. The van der Waals surface area contributed by atoms with E-state index >= 15 is 0 Å². The highest BCUT2D eigenvalue weighted by atomic mass is 16.5. The van der Waals surface area contributed by atoms with E-state index in [-0.39, 0.29) is 35.5 Å². The molecule has 5 atom stereocenters. The minimum absolute atomic E-state index is 0.254. The van der Waals surface area contributed by atoms with Crippen molar-refractivity contribution in [3.63, 3.8) is 0 Å². The van der Waals surface area contributed by atoms with Gasteiger partial charge in [0, 0.05) is 5.69 Å². The Bertz CT molecular complexity index is 823. The summed E-state index contributed by atoms with van der Waals surface area (Å²) in [5.41, 5.74) is 1.54. The number of para-hydroxylation sites is 1. The lowest BCUT2D eigenvalue weighted by atomic mass is 9.81. The second kappa shape index (κ2) is 7.04. The van der Waals surface area contributed by atoms with Crippen molar-refractivity contribution in [1.29, 1.82) is 0 Å². The number of amides is 3. The van der Waals surface area contributed by atoms with Gasteiger partial charge in [0.2, 0.25) is 11.8 Å². The summed E-state index contributed by atoms with van der Waals surface area (Å²) < 4.78 is 5.08.